The van der Waals surface area contributed by atoms with Gasteiger partial charge in [-0.15, -0.1) is 0 Å². The molecule has 0 spiro atoms. The first kappa shape index (κ1) is 20.4. The number of nitrogens with one attached hydrogen (secondary N) is 1. The first-order valence-electron chi connectivity index (χ1n) is 9.36. The van der Waals surface area contributed by atoms with E-state index in [4.69, 9.17) is 38.7 Å². The van der Waals surface area contributed by atoms with Crippen molar-refractivity contribution in [1.29, 1.82) is 0 Å². The zero-order valence-corrected chi connectivity index (χ0v) is 17.8. The number of nitrogens with zero attached hydrogens (tertiary/aromatic N) is 4. The van der Waals surface area contributed by atoms with Crippen LogP contribution < -0.4 is 15.8 Å². The minimum absolute atomic E-state index is 0.173. The molecule has 154 valence electrons. The number of anilines is 1. The van der Waals surface area contributed by atoms with Gasteiger partial charge in [0, 0.05) is 48.3 Å². The Kier molecular flexibility index (Phi) is 6.03. The lowest BCUT2D eigenvalue weighted by molar-refractivity contribution is 0.309. The molecule has 7 nitrogen and oxygen atoms in total. The highest BCUT2D eigenvalue weighted by Gasteiger charge is 2.15. The summed E-state index contributed by atoms with van der Waals surface area (Å²) in [5, 5.41) is 4.89. The van der Waals surface area contributed by atoms with Gasteiger partial charge in [0.2, 0.25) is 0 Å². The van der Waals surface area contributed by atoms with Crippen molar-refractivity contribution in [2.45, 2.75) is 13.5 Å². The van der Waals surface area contributed by atoms with E-state index in [1.165, 1.54) is 0 Å². The van der Waals surface area contributed by atoms with Gasteiger partial charge < -0.3 is 20.4 Å². The van der Waals surface area contributed by atoms with Crippen LogP contribution in [0.15, 0.2) is 49.2 Å². The molecule has 3 heterocycles. The SMILES string of the molecule is Cc1cc(-n2ccnc2)c2cccc(OCc3c(Cl)cnc(NCCN)c3Cl)c2n1. The Labute approximate surface area is 183 Å². The summed E-state index contributed by atoms with van der Waals surface area (Å²) in [5.74, 6) is 1.16. The van der Waals surface area contributed by atoms with Gasteiger partial charge in [-0.05, 0) is 19.1 Å². The molecule has 9 heteroatoms. The third-order valence-electron chi connectivity index (χ3n) is 4.57. The first-order chi connectivity index (χ1) is 14.6. The highest BCUT2D eigenvalue weighted by Crippen LogP contribution is 2.33. The molecule has 0 unspecified atom stereocenters. The van der Waals surface area contributed by atoms with E-state index < -0.39 is 0 Å². The molecule has 0 radical (unpaired) electrons. The van der Waals surface area contributed by atoms with Crippen molar-refractivity contribution in [1.82, 2.24) is 19.5 Å². The first-order valence-corrected chi connectivity index (χ1v) is 10.1. The standard InChI is InChI=1S/C21H20Cl2N6O/c1-13-9-17(29-8-7-25-12-29)14-3-2-4-18(20(14)28-13)30-11-15-16(22)10-27-21(19(15)23)26-6-5-24/h2-4,7-10,12H,5-6,11,24H2,1H3,(H,26,27). The third kappa shape index (κ3) is 4.05. The maximum atomic E-state index is 6.50. The number of para-hydroxylation sites is 1. The van der Waals surface area contributed by atoms with Crippen LogP contribution in [0.2, 0.25) is 10.0 Å². The second-order valence-electron chi connectivity index (χ2n) is 6.66. The maximum absolute atomic E-state index is 6.50. The largest absolute Gasteiger partial charge is 0.487 e. The second-order valence-corrected chi connectivity index (χ2v) is 7.44. The lowest BCUT2D eigenvalue weighted by Crippen LogP contribution is -2.14. The van der Waals surface area contributed by atoms with Crippen LogP contribution in [-0.4, -0.2) is 32.6 Å². The maximum Gasteiger partial charge on any atom is 0.146 e. The predicted octanol–water partition coefficient (Wildman–Crippen LogP) is 4.38. The Morgan fingerprint density at radius 2 is 2.13 bits per heavy atom. The van der Waals surface area contributed by atoms with Crippen LogP contribution in [0.1, 0.15) is 11.3 Å². The number of aryl methyl sites for hydroxylation is 1. The number of fused-ring (bicyclic) bond motifs is 1. The molecule has 0 atom stereocenters. The average Bonchev–Trinajstić information content (AvgIpc) is 3.27. The second kappa shape index (κ2) is 8.87. The molecule has 30 heavy (non-hydrogen) atoms. The predicted molar refractivity (Wildman–Crippen MR) is 120 cm³/mol. The fourth-order valence-electron chi connectivity index (χ4n) is 3.16. The zero-order valence-electron chi connectivity index (χ0n) is 16.3. The summed E-state index contributed by atoms with van der Waals surface area (Å²) in [6, 6.07) is 7.83. The van der Waals surface area contributed by atoms with Crippen molar-refractivity contribution in [3.05, 3.63) is 70.5 Å². The lowest BCUT2D eigenvalue weighted by Gasteiger charge is -2.15. The number of nitrogens with two attached hydrogens (primary N) is 1. The minimum Gasteiger partial charge on any atom is -0.487 e. The van der Waals surface area contributed by atoms with E-state index in [2.05, 4.69) is 15.3 Å². The number of ether oxygens (including phenoxy) is 1. The molecular formula is C21H20Cl2N6O. The van der Waals surface area contributed by atoms with Gasteiger partial charge in [-0.3, -0.25) is 0 Å². The van der Waals surface area contributed by atoms with Crippen molar-refractivity contribution in [2.24, 2.45) is 5.73 Å². The van der Waals surface area contributed by atoms with Gasteiger partial charge in [0.25, 0.3) is 0 Å². The van der Waals surface area contributed by atoms with Crippen molar-refractivity contribution >= 4 is 39.9 Å². The molecule has 0 aliphatic rings. The van der Waals surface area contributed by atoms with E-state index in [-0.39, 0.29) is 6.61 Å². The molecule has 1 aromatic carbocycles. The Balaban J connectivity index is 1.69. The van der Waals surface area contributed by atoms with Crippen molar-refractivity contribution < 1.29 is 4.74 Å². The van der Waals surface area contributed by atoms with E-state index in [9.17, 15) is 0 Å². The smallest absolute Gasteiger partial charge is 0.146 e. The van der Waals surface area contributed by atoms with E-state index >= 15 is 0 Å². The summed E-state index contributed by atoms with van der Waals surface area (Å²) in [7, 11) is 0. The van der Waals surface area contributed by atoms with Crippen LogP contribution >= 0.6 is 23.2 Å². The number of halogens is 2. The molecule has 0 fully saturated rings. The Hall–Kier alpha value is -2.87. The van der Waals surface area contributed by atoms with Gasteiger partial charge >= 0.3 is 0 Å². The van der Waals surface area contributed by atoms with Crippen LogP contribution in [0.4, 0.5) is 5.82 Å². The number of hydrogen-bond acceptors (Lipinski definition) is 6. The molecule has 0 amide bonds. The Morgan fingerprint density at radius 1 is 1.27 bits per heavy atom. The van der Waals surface area contributed by atoms with Gasteiger partial charge in [0.1, 0.15) is 23.7 Å². The molecule has 0 aliphatic heterocycles. The van der Waals surface area contributed by atoms with Crippen LogP contribution in [0.3, 0.4) is 0 Å². The zero-order chi connectivity index (χ0) is 21.1. The molecule has 4 rings (SSSR count). The lowest BCUT2D eigenvalue weighted by atomic mass is 10.1. The Bertz CT molecular complexity index is 1180. The highest BCUT2D eigenvalue weighted by atomic mass is 35.5. The summed E-state index contributed by atoms with van der Waals surface area (Å²) >= 11 is 12.8. The normalized spacial score (nSPS) is 11.1. The van der Waals surface area contributed by atoms with Gasteiger partial charge in [-0.2, -0.15) is 0 Å². The van der Waals surface area contributed by atoms with Gasteiger partial charge in [0.15, 0.2) is 0 Å². The van der Waals surface area contributed by atoms with Crippen LogP contribution in [-0.2, 0) is 6.61 Å². The molecular weight excluding hydrogens is 423 g/mol. The van der Waals surface area contributed by atoms with Gasteiger partial charge in [-0.25, -0.2) is 15.0 Å². The molecule has 4 aromatic rings. The molecule has 0 saturated carbocycles. The number of pyridine rings is 2. The van der Waals surface area contributed by atoms with Crippen molar-refractivity contribution in [3.8, 4) is 11.4 Å². The summed E-state index contributed by atoms with van der Waals surface area (Å²) in [6.45, 7) is 3.14. The average molecular weight is 443 g/mol. The van der Waals surface area contributed by atoms with E-state index in [1.807, 2.05) is 42.0 Å². The van der Waals surface area contributed by atoms with E-state index in [0.29, 0.717) is 40.3 Å². The molecule has 0 aliphatic carbocycles. The molecule has 3 N–H and O–H groups in total. The summed E-state index contributed by atoms with van der Waals surface area (Å²) in [4.78, 5) is 13.1. The van der Waals surface area contributed by atoms with E-state index in [0.717, 1.165) is 22.3 Å². The van der Waals surface area contributed by atoms with Crippen LogP contribution in [0, 0.1) is 6.92 Å². The molecule has 3 aromatic heterocycles. The van der Waals surface area contributed by atoms with Crippen LogP contribution in [0.5, 0.6) is 5.75 Å². The number of hydrogen-bond donors (Lipinski definition) is 2. The van der Waals surface area contributed by atoms with Crippen molar-refractivity contribution in [3.63, 3.8) is 0 Å². The number of rotatable bonds is 7. The van der Waals surface area contributed by atoms with Crippen molar-refractivity contribution in [2.75, 3.05) is 18.4 Å². The third-order valence-corrected chi connectivity index (χ3v) is 5.30. The molecule has 0 bridgehead atoms. The summed E-state index contributed by atoms with van der Waals surface area (Å²) in [5.41, 5.74) is 8.80. The van der Waals surface area contributed by atoms with Gasteiger partial charge in [0.05, 0.1) is 22.1 Å². The molecule has 0 saturated heterocycles. The topological polar surface area (TPSA) is 90.9 Å². The minimum atomic E-state index is 0.173. The van der Waals surface area contributed by atoms with Crippen LogP contribution in [0.25, 0.3) is 16.6 Å². The number of imidazole rings is 1. The van der Waals surface area contributed by atoms with Gasteiger partial charge in [-0.1, -0.05) is 35.3 Å². The summed E-state index contributed by atoms with van der Waals surface area (Å²) < 4.78 is 8.07. The quantitative estimate of drug-likeness (QED) is 0.441. The highest BCUT2D eigenvalue weighted by molar-refractivity contribution is 6.37. The summed E-state index contributed by atoms with van der Waals surface area (Å²) in [6.07, 6.45) is 6.95. The fraction of sp³-hybridized carbons (Fsp3) is 0.190. The monoisotopic (exact) mass is 442 g/mol. The Morgan fingerprint density at radius 3 is 2.90 bits per heavy atom. The van der Waals surface area contributed by atoms with E-state index in [1.54, 1.807) is 18.7 Å². The number of benzene rings is 1. The number of aromatic nitrogens is 4. The fourth-order valence-corrected chi connectivity index (χ4v) is 3.68.